The van der Waals surface area contributed by atoms with Gasteiger partial charge in [-0.05, 0) is 43.0 Å². The summed E-state index contributed by atoms with van der Waals surface area (Å²) < 4.78 is 19.8. The average molecular weight is 428 g/mol. The Morgan fingerprint density at radius 3 is 2.13 bits per heavy atom. The van der Waals surface area contributed by atoms with Crippen molar-refractivity contribution in [3.63, 3.8) is 0 Å². The Kier molecular flexibility index (Phi) is 9.06. The highest BCUT2D eigenvalue weighted by Gasteiger charge is 2.48. The number of allylic oxidation sites excluding steroid dienone is 1. The Hall–Kier alpha value is -3.35. The minimum absolute atomic E-state index is 0.0298. The first-order valence-corrected chi connectivity index (χ1v) is 10.1. The van der Waals surface area contributed by atoms with Gasteiger partial charge in [-0.2, -0.15) is 0 Å². The Bertz CT molecular complexity index is 914. The maximum atomic E-state index is 13.0. The third-order valence-electron chi connectivity index (χ3n) is 4.75. The molecule has 31 heavy (non-hydrogen) atoms. The lowest BCUT2D eigenvalue weighted by Crippen LogP contribution is -2.43. The van der Waals surface area contributed by atoms with E-state index in [0.717, 1.165) is 16.3 Å². The second-order valence-electron chi connectivity index (χ2n) is 6.82. The van der Waals surface area contributed by atoms with Crippen molar-refractivity contribution in [3.8, 4) is 0 Å². The summed E-state index contributed by atoms with van der Waals surface area (Å²) in [4.78, 5) is 37.1. The van der Waals surface area contributed by atoms with Gasteiger partial charge in [0.2, 0.25) is 0 Å². The molecule has 0 aliphatic carbocycles. The van der Waals surface area contributed by atoms with Crippen molar-refractivity contribution >= 4 is 28.9 Å². The first kappa shape index (κ1) is 23.9. The molecular weight excluding hydrogens is 400 g/mol. The molecule has 0 N–H and O–H groups in total. The van der Waals surface area contributed by atoms with Crippen molar-refractivity contribution in [1.29, 1.82) is 0 Å². The molecule has 0 aliphatic rings. The van der Waals surface area contributed by atoms with E-state index in [1.165, 1.54) is 7.11 Å². The van der Waals surface area contributed by atoms with Crippen LogP contribution in [0.4, 0.5) is 4.79 Å². The standard InChI is InChI=1S/C24H28O7/c1-4-29-21(25)24(22(26)30-5-2,14-8-9-15-31-23(27)28-3)17-18-12-13-19-10-6-7-11-20(19)16-18/h6-13,16H,4-5,14-15,17H2,1-3H3/b9-8-. The van der Waals surface area contributed by atoms with Crippen molar-refractivity contribution in [3.05, 3.63) is 60.2 Å². The molecule has 7 heteroatoms. The molecule has 7 nitrogen and oxygen atoms in total. The molecule has 0 unspecified atom stereocenters. The number of fused-ring (bicyclic) bond motifs is 1. The van der Waals surface area contributed by atoms with E-state index >= 15 is 0 Å². The van der Waals surface area contributed by atoms with Crippen LogP contribution in [0.5, 0.6) is 0 Å². The quantitative estimate of drug-likeness (QED) is 0.242. The van der Waals surface area contributed by atoms with Gasteiger partial charge in [-0.3, -0.25) is 9.59 Å². The number of benzene rings is 2. The Balaban J connectivity index is 2.36. The Labute approximate surface area is 181 Å². The number of esters is 2. The number of ether oxygens (including phenoxy) is 4. The van der Waals surface area contributed by atoms with Crippen LogP contribution < -0.4 is 0 Å². The van der Waals surface area contributed by atoms with Crippen LogP contribution in [0.1, 0.15) is 25.8 Å². The van der Waals surface area contributed by atoms with Crippen LogP contribution in [0, 0.1) is 5.41 Å². The third kappa shape index (κ3) is 6.31. The molecule has 0 spiro atoms. The number of hydrogen-bond acceptors (Lipinski definition) is 7. The van der Waals surface area contributed by atoms with Gasteiger partial charge in [-0.1, -0.05) is 54.6 Å². The van der Waals surface area contributed by atoms with Crippen LogP contribution >= 0.6 is 0 Å². The number of carbonyl (C=O) groups is 3. The van der Waals surface area contributed by atoms with Gasteiger partial charge >= 0.3 is 18.1 Å². The van der Waals surface area contributed by atoms with Crippen LogP contribution in [0.15, 0.2) is 54.6 Å². The van der Waals surface area contributed by atoms with E-state index in [-0.39, 0.29) is 32.7 Å². The van der Waals surface area contributed by atoms with Gasteiger partial charge in [0.05, 0.1) is 20.3 Å². The maximum absolute atomic E-state index is 13.0. The van der Waals surface area contributed by atoms with E-state index in [1.54, 1.807) is 26.0 Å². The molecule has 2 aromatic carbocycles. The fourth-order valence-corrected chi connectivity index (χ4v) is 3.23. The number of carbonyl (C=O) groups excluding carboxylic acids is 3. The Morgan fingerprint density at radius 2 is 1.52 bits per heavy atom. The highest BCUT2D eigenvalue weighted by atomic mass is 16.7. The third-order valence-corrected chi connectivity index (χ3v) is 4.75. The smallest absolute Gasteiger partial charge is 0.465 e. The zero-order valence-corrected chi connectivity index (χ0v) is 18.1. The average Bonchev–Trinajstić information content (AvgIpc) is 2.78. The van der Waals surface area contributed by atoms with Gasteiger partial charge in [-0.25, -0.2) is 4.79 Å². The topological polar surface area (TPSA) is 88.1 Å². The molecule has 0 amide bonds. The van der Waals surface area contributed by atoms with Gasteiger partial charge < -0.3 is 18.9 Å². The molecule has 0 atom stereocenters. The Morgan fingerprint density at radius 1 is 0.871 bits per heavy atom. The molecule has 0 saturated carbocycles. The predicted octanol–water partition coefficient (Wildman–Crippen LogP) is 4.22. The fourth-order valence-electron chi connectivity index (χ4n) is 3.23. The monoisotopic (exact) mass is 428 g/mol. The van der Waals surface area contributed by atoms with Crippen LogP contribution in [0.2, 0.25) is 0 Å². The largest absolute Gasteiger partial charge is 0.508 e. The van der Waals surface area contributed by atoms with Gasteiger partial charge in [0.1, 0.15) is 6.61 Å². The van der Waals surface area contributed by atoms with Gasteiger partial charge in [0.25, 0.3) is 0 Å². The molecule has 0 bridgehead atoms. The molecule has 166 valence electrons. The van der Waals surface area contributed by atoms with E-state index in [1.807, 2.05) is 42.5 Å². The molecule has 0 fully saturated rings. The van der Waals surface area contributed by atoms with Gasteiger partial charge in [0, 0.05) is 0 Å². The molecule has 2 aromatic rings. The molecular formula is C24H28O7. The van der Waals surface area contributed by atoms with E-state index < -0.39 is 23.5 Å². The van der Waals surface area contributed by atoms with E-state index in [2.05, 4.69) is 4.74 Å². The van der Waals surface area contributed by atoms with Crippen molar-refractivity contribution in [2.45, 2.75) is 26.7 Å². The second kappa shape index (κ2) is 11.7. The molecule has 0 aliphatic heterocycles. The number of methoxy groups -OCH3 is 1. The SMILES string of the molecule is CCOC(=O)C(C/C=C\COC(=O)OC)(Cc1ccc2ccccc2c1)C(=O)OCC. The summed E-state index contributed by atoms with van der Waals surface area (Å²) in [6.45, 7) is 3.58. The van der Waals surface area contributed by atoms with Crippen molar-refractivity contribution in [2.24, 2.45) is 5.41 Å². The summed E-state index contributed by atoms with van der Waals surface area (Å²) in [5.41, 5.74) is -0.755. The highest BCUT2D eigenvalue weighted by molar-refractivity contribution is 6.00. The molecule has 0 saturated heterocycles. The minimum Gasteiger partial charge on any atom is -0.465 e. The maximum Gasteiger partial charge on any atom is 0.508 e. The van der Waals surface area contributed by atoms with E-state index in [0.29, 0.717) is 0 Å². The highest BCUT2D eigenvalue weighted by Crippen LogP contribution is 2.33. The summed E-state index contributed by atoms with van der Waals surface area (Å²) in [5, 5.41) is 2.06. The van der Waals surface area contributed by atoms with Gasteiger partial charge in [-0.15, -0.1) is 0 Å². The lowest BCUT2D eigenvalue weighted by molar-refractivity contribution is -0.171. The van der Waals surface area contributed by atoms with Gasteiger partial charge in [0.15, 0.2) is 5.41 Å². The number of rotatable bonds is 10. The molecule has 0 radical (unpaired) electrons. The van der Waals surface area contributed by atoms with E-state index in [4.69, 9.17) is 14.2 Å². The van der Waals surface area contributed by atoms with E-state index in [9.17, 15) is 14.4 Å². The lowest BCUT2D eigenvalue weighted by Gasteiger charge is -2.28. The summed E-state index contributed by atoms with van der Waals surface area (Å²) in [7, 11) is 1.21. The van der Waals surface area contributed by atoms with Crippen molar-refractivity contribution in [2.75, 3.05) is 26.9 Å². The van der Waals surface area contributed by atoms with Crippen LogP contribution in [-0.2, 0) is 35.0 Å². The fraction of sp³-hybridized carbons (Fsp3) is 0.375. The summed E-state index contributed by atoms with van der Waals surface area (Å²) in [5.74, 6) is -1.31. The van der Waals surface area contributed by atoms with Crippen LogP contribution in [-0.4, -0.2) is 45.0 Å². The molecule has 0 heterocycles. The minimum atomic E-state index is -1.56. The summed E-state index contributed by atoms with van der Waals surface area (Å²) >= 11 is 0. The summed E-state index contributed by atoms with van der Waals surface area (Å²) in [6.07, 6.45) is 2.48. The summed E-state index contributed by atoms with van der Waals surface area (Å²) in [6, 6.07) is 13.6. The van der Waals surface area contributed by atoms with Crippen molar-refractivity contribution < 1.29 is 33.3 Å². The second-order valence-corrected chi connectivity index (χ2v) is 6.82. The lowest BCUT2D eigenvalue weighted by atomic mass is 9.78. The zero-order valence-electron chi connectivity index (χ0n) is 18.1. The molecule has 0 aromatic heterocycles. The van der Waals surface area contributed by atoms with Crippen LogP contribution in [0.25, 0.3) is 10.8 Å². The first-order chi connectivity index (χ1) is 15.0. The van der Waals surface area contributed by atoms with Crippen LogP contribution in [0.3, 0.4) is 0 Å². The normalized spacial score (nSPS) is 11.3. The zero-order chi connectivity index (χ0) is 22.7. The van der Waals surface area contributed by atoms with Crippen molar-refractivity contribution in [1.82, 2.24) is 0 Å². The first-order valence-electron chi connectivity index (χ1n) is 10.1. The number of hydrogen-bond donors (Lipinski definition) is 0. The predicted molar refractivity (Wildman–Crippen MR) is 115 cm³/mol. The molecule has 2 rings (SSSR count).